The number of nitrogens with one attached hydrogen (secondary N) is 1. The molecule has 0 bridgehead atoms. The Morgan fingerprint density at radius 2 is 2.17 bits per heavy atom. The highest BCUT2D eigenvalue weighted by atomic mass is 16.2. The molecule has 0 saturated carbocycles. The molecule has 2 aliphatic heterocycles. The number of carbonyl (C=O) groups excluding carboxylic acids is 1. The SMILES string of the molecule is CCC1(C(=O)N2CC(C)CCC2C)CCCNC1. The summed E-state index contributed by atoms with van der Waals surface area (Å²) < 4.78 is 0. The molecule has 18 heavy (non-hydrogen) atoms. The summed E-state index contributed by atoms with van der Waals surface area (Å²) in [7, 11) is 0. The van der Waals surface area contributed by atoms with E-state index in [2.05, 4.69) is 31.0 Å². The second-order valence-electron chi connectivity index (χ2n) is 6.40. The van der Waals surface area contributed by atoms with Crippen LogP contribution in [0.15, 0.2) is 0 Å². The van der Waals surface area contributed by atoms with Crippen molar-refractivity contribution in [2.75, 3.05) is 19.6 Å². The molecule has 0 spiro atoms. The van der Waals surface area contributed by atoms with Crippen LogP contribution in [0.25, 0.3) is 0 Å². The lowest BCUT2D eigenvalue weighted by atomic mass is 9.76. The topological polar surface area (TPSA) is 32.3 Å². The summed E-state index contributed by atoms with van der Waals surface area (Å²) in [5, 5.41) is 3.43. The zero-order valence-electron chi connectivity index (χ0n) is 12.2. The lowest BCUT2D eigenvalue weighted by Gasteiger charge is -2.44. The maximum Gasteiger partial charge on any atom is 0.230 e. The summed E-state index contributed by atoms with van der Waals surface area (Å²) in [5.41, 5.74) is -0.121. The van der Waals surface area contributed by atoms with Gasteiger partial charge < -0.3 is 10.2 Å². The van der Waals surface area contributed by atoms with Crippen molar-refractivity contribution in [1.82, 2.24) is 10.2 Å². The summed E-state index contributed by atoms with van der Waals surface area (Å²) in [4.78, 5) is 15.1. The lowest BCUT2D eigenvalue weighted by Crippen LogP contribution is -2.56. The Bertz CT molecular complexity index is 297. The van der Waals surface area contributed by atoms with Gasteiger partial charge in [-0.25, -0.2) is 0 Å². The molecule has 0 aromatic carbocycles. The molecule has 3 heteroatoms. The van der Waals surface area contributed by atoms with Gasteiger partial charge in [0.25, 0.3) is 0 Å². The van der Waals surface area contributed by atoms with Crippen molar-refractivity contribution >= 4 is 5.91 Å². The average molecular weight is 252 g/mol. The number of rotatable bonds is 2. The standard InChI is InChI=1S/C15H28N2O/c1-4-15(8-5-9-16-11-15)14(18)17-10-12(2)6-7-13(17)3/h12-13,16H,4-11H2,1-3H3. The van der Waals surface area contributed by atoms with Gasteiger partial charge in [-0.2, -0.15) is 0 Å². The molecule has 0 aromatic heterocycles. The van der Waals surface area contributed by atoms with E-state index in [1.807, 2.05) is 0 Å². The fourth-order valence-electron chi connectivity index (χ4n) is 3.48. The highest BCUT2D eigenvalue weighted by molar-refractivity contribution is 5.83. The summed E-state index contributed by atoms with van der Waals surface area (Å²) in [5.74, 6) is 1.08. The molecule has 1 amide bonds. The maximum atomic E-state index is 12.9. The number of likely N-dealkylation sites (tertiary alicyclic amines) is 1. The third kappa shape index (κ3) is 2.56. The van der Waals surface area contributed by atoms with E-state index in [0.717, 1.165) is 38.9 Å². The van der Waals surface area contributed by atoms with Crippen LogP contribution in [0.3, 0.4) is 0 Å². The minimum absolute atomic E-state index is 0.121. The van der Waals surface area contributed by atoms with Crippen molar-refractivity contribution in [1.29, 1.82) is 0 Å². The number of piperidine rings is 2. The minimum atomic E-state index is -0.121. The molecule has 1 N–H and O–H groups in total. The Kier molecular flexibility index (Phi) is 4.31. The number of carbonyl (C=O) groups is 1. The van der Waals surface area contributed by atoms with E-state index in [4.69, 9.17) is 0 Å². The molecule has 3 unspecified atom stereocenters. The van der Waals surface area contributed by atoms with Crippen LogP contribution < -0.4 is 5.32 Å². The quantitative estimate of drug-likeness (QED) is 0.818. The molecule has 3 atom stereocenters. The van der Waals surface area contributed by atoms with Crippen LogP contribution >= 0.6 is 0 Å². The summed E-state index contributed by atoms with van der Waals surface area (Å²) in [6.07, 6.45) is 5.60. The molecule has 0 aromatic rings. The van der Waals surface area contributed by atoms with Gasteiger partial charge in [-0.3, -0.25) is 4.79 Å². The van der Waals surface area contributed by atoms with Gasteiger partial charge in [-0.05, 0) is 51.5 Å². The highest BCUT2D eigenvalue weighted by Crippen LogP contribution is 2.35. The van der Waals surface area contributed by atoms with E-state index in [0.29, 0.717) is 17.9 Å². The van der Waals surface area contributed by atoms with Crippen LogP contribution in [0.1, 0.15) is 52.9 Å². The van der Waals surface area contributed by atoms with Gasteiger partial charge in [0, 0.05) is 19.1 Å². The van der Waals surface area contributed by atoms with Gasteiger partial charge in [0.15, 0.2) is 0 Å². The molecule has 2 heterocycles. The van der Waals surface area contributed by atoms with Crippen LogP contribution in [-0.2, 0) is 4.79 Å². The summed E-state index contributed by atoms with van der Waals surface area (Å²) >= 11 is 0. The van der Waals surface area contributed by atoms with Crippen molar-refractivity contribution in [2.45, 2.75) is 58.9 Å². The van der Waals surface area contributed by atoms with Crippen molar-refractivity contribution in [3.63, 3.8) is 0 Å². The third-order valence-electron chi connectivity index (χ3n) is 4.98. The molecule has 2 fully saturated rings. The van der Waals surface area contributed by atoms with Crippen LogP contribution in [0.5, 0.6) is 0 Å². The molecule has 0 aliphatic carbocycles. The maximum absolute atomic E-state index is 12.9. The van der Waals surface area contributed by atoms with E-state index in [1.54, 1.807) is 0 Å². The Hall–Kier alpha value is -0.570. The summed E-state index contributed by atoms with van der Waals surface area (Å²) in [6.45, 7) is 9.55. The molecule has 0 radical (unpaired) electrons. The van der Waals surface area contributed by atoms with E-state index in [1.165, 1.54) is 12.8 Å². The molecular formula is C15H28N2O. The Morgan fingerprint density at radius 1 is 1.39 bits per heavy atom. The van der Waals surface area contributed by atoms with Gasteiger partial charge in [-0.15, -0.1) is 0 Å². The van der Waals surface area contributed by atoms with Gasteiger partial charge in [-0.1, -0.05) is 13.8 Å². The fraction of sp³-hybridized carbons (Fsp3) is 0.933. The van der Waals surface area contributed by atoms with Gasteiger partial charge in [0.2, 0.25) is 5.91 Å². The van der Waals surface area contributed by atoms with Crippen molar-refractivity contribution in [3.05, 3.63) is 0 Å². The predicted molar refractivity (Wildman–Crippen MR) is 74.4 cm³/mol. The van der Waals surface area contributed by atoms with Crippen LogP contribution in [-0.4, -0.2) is 36.5 Å². The van der Waals surface area contributed by atoms with E-state index in [9.17, 15) is 4.79 Å². The van der Waals surface area contributed by atoms with Crippen molar-refractivity contribution in [2.24, 2.45) is 11.3 Å². The number of nitrogens with zero attached hydrogens (tertiary/aromatic N) is 1. The van der Waals surface area contributed by atoms with E-state index >= 15 is 0 Å². The van der Waals surface area contributed by atoms with Gasteiger partial charge in [0.1, 0.15) is 0 Å². The normalized spacial score (nSPS) is 37.6. The predicted octanol–water partition coefficient (Wildman–Crippen LogP) is 2.41. The van der Waals surface area contributed by atoms with Crippen molar-refractivity contribution < 1.29 is 4.79 Å². The Labute approximate surface area is 111 Å². The first-order valence-corrected chi connectivity index (χ1v) is 7.61. The third-order valence-corrected chi connectivity index (χ3v) is 4.98. The average Bonchev–Trinajstić information content (AvgIpc) is 2.41. The monoisotopic (exact) mass is 252 g/mol. The molecular weight excluding hydrogens is 224 g/mol. The van der Waals surface area contributed by atoms with E-state index in [-0.39, 0.29) is 5.41 Å². The first-order valence-electron chi connectivity index (χ1n) is 7.61. The second kappa shape index (κ2) is 5.60. The number of amides is 1. The Morgan fingerprint density at radius 3 is 2.78 bits per heavy atom. The van der Waals surface area contributed by atoms with Crippen LogP contribution in [0.2, 0.25) is 0 Å². The largest absolute Gasteiger partial charge is 0.339 e. The first-order chi connectivity index (χ1) is 8.59. The Balaban J connectivity index is 2.12. The molecule has 2 aliphatic rings. The molecule has 2 rings (SSSR count). The minimum Gasteiger partial charge on any atom is -0.339 e. The van der Waals surface area contributed by atoms with Crippen LogP contribution in [0.4, 0.5) is 0 Å². The fourth-order valence-corrected chi connectivity index (χ4v) is 3.48. The zero-order valence-corrected chi connectivity index (χ0v) is 12.2. The highest BCUT2D eigenvalue weighted by Gasteiger charge is 2.42. The van der Waals surface area contributed by atoms with Crippen molar-refractivity contribution in [3.8, 4) is 0 Å². The zero-order chi connectivity index (χ0) is 13.2. The van der Waals surface area contributed by atoms with Gasteiger partial charge >= 0.3 is 0 Å². The molecule has 104 valence electrons. The lowest BCUT2D eigenvalue weighted by molar-refractivity contribution is -0.148. The molecule has 3 nitrogen and oxygen atoms in total. The number of hydrogen-bond acceptors (Lipinski definition) is 2. The first kappa shape index (κ1) is 13.9. The molecule has 2 saturated heterocycles. The van der Waals surface area contributed by atoms with Gasteiger partial charge in [0.05, 0.1) is 5.41 Å². The van der Waals surface area contributed by atoms with Crippen LogP contribution in [0, 0.1) is 11.3 Å². The van der Waals surface area contributed by atoms with E-state index < -0.39 is 0 Å². The smallest absolute Gasteiger partial charge is 0.230 e. The summed E-state index contributed by atoms with van der Waals surface area (Å²) in [6, 6.07) is 0.430. The number of hydrogen-bond donors (Lipinski definition) is 1. The second-order valence-corrected chi connectivity index (χ2v) is 6.40.